The van der Waals surface area contributed by atoms with Crippen LogP contribution in [-0.4, -0.2) is 49.7 Å². The SMILES string of the molecule is Cc1ccc(N2CCC(C(C)(C)CC(C)(C)N3CCNCC3)CC2)cc1. The Kier molecular flexibility index (Phi) is 5.98. The van der Waals surface area contributed by atoms with Crippen LogP contribution in [0.2, 0.25) is 0 Å². The fourth-order valence-corrected chi connectivity index (χ4v) is 5.32. The largest absolute Gasteiger partial charge is 0.372 e. The van der Waals surface area contributed by atoms with Gasteiger partial charge >= 0.3 is 0 Å². The molecule has 0 unspecified atom stereocenters. The van der Waals surface area contributed by atoms with Gasteiger partial charge in [-0.3, -0.25) is 4.90 Å². The van der Waals surface area contributed by atoms with Crippen LogP contribution in [0.25, 0.3) is 0 Å². The van der Waals surface area contributed by atoms with Crippen molar-refractivity contribution in [1.82, 2.24) is 10.2 Å². The van der Waals surface area contributed by atoms with Crippen molar-refractivity contribution in [2.45, 2.75) is 59.4 Å². The first kappa shape index (κ1) is 19.7. The molecule has 26 heavy (non-hydrogen) atoms. The second-order valence-corrected chi connectivity index (χ2v) is 9.81. The van der Waals surface area contributed by atoms with Crippen molar-refractivity contribution in [3.05, 3.63) is 29.8 Å². The van der Waals surface area contributed by atoms with E-state index in [0.29, 0.717) is 11.0 Å². The van der Waals surface area contributed by atoms with Gasteiger partial charge in [0.1, 0.15) is 0 Å². The Bertz CT molecular complexity index is 562. The molecule has 3 heteroatoms. The Morgan fingerprint density at radius 3 is 2.08 bits per heavy atom. The number of benzene rings is 1. The highest BCUT2D eigenvalue weighted by Crippen LogP contribution is 2.43. The van der Waals surface area contributed by atoms with Gasteiger partial charge in [-0.1, -0.05) is 31.5 Å². The normalized spacial score (nSPS) is 21.2. The molecule has 2 saturated heterocycles. The lowest BCUT2D eigenvalue weighted by Crippen LogP contribution is -2.55. The third kappa shape index (κ3) is 4.61. The topological polar surface area (TPSA) is 18.5 Å². The smallest absolute Gasteiger partial charge is 0.0366 e. The molecule has 2 aliphatic heterocycles. The van der Waals surface area contributed by atoms with E-state index in [1.54, 1.807) is 0 Å². The maximum Gasteiger partial charge on any atom is 0.0366 e. The van der Waals surface area contributed by atoms with Crippen molar-refractivity contribution in [1.29, 1.82) is 0 Å². The molecule has 0 atom stereocenters. The van der Waals surface area contributed by atoms with Gasteiger partial charge in [-0.05, 0) is 63.5 Å². The van der Waals surface area contributed by atoms with Crippen molar-refractivity contribution in [3.8, 4) is 0 Å². The first-order valence-corrected chi connectivity index (χ1v) is 10.6. The van der Waals surface area contributed by atoms with E-state index in [9.17, 15) is 0 Å². The first-order chi connectivity index (χ1) is 12.3. The highest BCUT2D eigenvalue weighted by molar-refractivity contribution is 5.47. The van der Waals surface area contributed by atoms with Crippen molar-refractivity contribution >= 4 is 5.69 Å². The van der Waals surface area contributed by atoms with Gasteiger partial charge in [0.2, 0.25) is 0 Å². The van der Waals surface area contributed by atoms with E-state index in [4.69, 9.17) is 0 Å². The minimum absolute atomic E-state index is 0.291. The Morgan fingerprint density at radius 1 is 0.923 bits per heavy atom. The average Bonchev–Trinajstić information content (AvgIpc) is 2.62. The fourth-order valence-electron chi connectivity index (χ4n) is 5.32. The lowest BCUT2D eigenvalue weighted by Gasteiger charge is -2.49. The van der Waals surface area contributed by atoms with Gasteiger partial charge in [0.05, 0.1) is 0 Å². The number of hydrogen-bond donors (Lipinski definition) is 1. The molecule has 0 bridgehead atoms. The summed E-state index contributed by atoms with van der Waals surface area (Å²) in [6, 6.07) is 9.05. The highest BCUT2D eigenvalue weighted by Gasteiger charge is 2.39. The molecule has 3 rings (SSSR count). The molecule has 2 fully saturated rings. The van der Waals surface area contributed by atoms with Crippen LogP contribution in [-0.2, 0) is 0 Å². The Balaban J connectivity index is 1.57. The summed E-state index contributed by atoms with van der Waals surface area (Å²) in [6.07, 6.45) is 3.92. The lowest BCUT2D eigenvalue weighted by molar-refractivity contribution is 0.0326. The summed E-state index contributed by atoms with van der Waals surface area (Å²) in [5.74, 6) is 0.825. The number of anilines is 1. The minimum Gasteiger partial charge on any atom is -0.372 e. The van der Waals surface area contributed by atoms with Crippen LogP contribution in [0.5, 0.6) is 0 Å². The molecule has 0 saturated carbocycles. The van der Waals surface area contributed by atoms with E-state index in [1.165, 1.54) is 56.7 Å². The zero-order valence-electron chi connectivity index (χ0n) is 17.6. The molecular formula is C23H39N3. The van der Waals surface area contributed by atoms with Crippen LogP contribution >= 0.6 is 0 Å². The van der Waals surface area contributed by atoms with Gasteiger partial charge in [-0.2, -0.15) is 0 Å². The van der Waals surface area contributed by atoms with E-state index in [1.807, 2.05) is 0 Å². The number of rotatable bonds is 5. The lowest BCUT2D eigenvalue weighted by atomic mass is 9.67. The first-order valence-electron chi connectivity index (χ1n) is 10.6. The zero-order valence-corrected chi connectivity index (χ0v) is 17.6. The van der Waals surface area contributed by atoms with Gasteiger partial charge in [-0.25, -0.2) is 0 Å². The van der Waals surface area contributed by atoms with Crippen LogP contribution in [0, 0.1) is 18.3 Å². The van der Waals surface area contributed by atoms with Gasteiger partial charge in [0.15, 0.2) is 0 Å². The van der Waals surface area contributed by atoms with E-state index < -0.39 is 0 Å². The molecule has 1 aromatic carbocycles. The summed E-state index contributed by atoms with van der Waals surface area (Å²) in [4.78, 5) is 5.28. The Labute approximate surface area is 161 Å². The molecule has 146 valence electrons. The monoisotopic (exact) mass is 357 g/mol. The van der Waals surface area contributed by atoms with Crippen molar-refractivity contribution in [2.24, 2.45) is 11.3 Å². The van der Waals surface area contributed by atoms with Crippen molar-refractivity contribution in [2.75, 3.05) is 44.2 Å². The van der Waals surface area contributed by atoms with Crippen LogP contribution in [0.15, 0.2) is 24.3 Å². The van der Waals surface area contributed by atoms with Crippen LogP contribution in [0.4, 0.5) is 5.69 Å². The second kappa shape index (κ2) is 7.90. The predicted octanol–water partition coefficient (Wildman–Crippen LogP) is 4.31. The van der Waals surface area contributed by atoms with E-state index in [-0.39, 0.29) is 0 Å². The predicted molar refractivity (Wildman–Crippen MR) is 113 cm³/mol. The fraction of sp³-hybridized carbons (Fsp3) is 0.739. The maximum atomic E-state index is 3.49. The third-order valence-electron chi connectivity index (χ3n) is 6.86. The minimum atomic E-state index is 0.291. The van der Waals surface area contributed by atoms with Gasteiger partial charge in [0.25, 0.3) is 0 Å². The molecule has 0 amide bonds. The third-order valence-corrected chi connectivity index (χ3v) is 6.86. The molecule has 2 aliphatic rings. The number of nitrogens with one attached hydrogen (secondary N) is 1. The summed E-state index contributed by atoms with van der Waals surface area (Å²) in [6.45, 7) is 19.2. The van der Waals surface area contributed by atoms with Crippen LogP contribution in [0.3, 0.4) is 0 Å². The van der Waals surface area contributed by atoms with Gasteiger partial charge < -0.3 is 10.2 Å². The van der Waals surface area contributed by atoms with Crippen LogP contribution < -0.4 is 10.2 Å². The number of aryl methyl sites for hydroxylation is 1. The van der Waals surface area contributed by atoms with E-state index >= 15 is 0 Å². The molecule has 1 aromatic rings. The molecule has 0 aliphatic carbocycles. The van der Waals surface area contributed by atoms with Crippen molar-refractivity contribution < 1.29 is 0 Å². The standard InChI is InChI=1S/C23H39N3/c1-19-6-8-21(9-7-19)25-14-10-20(11-15-25)22(2,3)18-23(4,5)26-16-12-24-13-17-26/h6-9,20,24H,10-18H2,1-5H3. The molecule has 1 N–H and O–H groups in total. The average molecular weight is 358 g/mol. The molecule has 3 nitrogen and oxygen atoms in total. The molecular weight excluding hydrogens is 318 g/mol. The highest BCUT2D eigenvalue weighted by atomic mass is 15.2. The molecule has 0 spiro atoms. The Hall–Kier alpha value is -1.06. The summed E-state index contributed by atoms with van der Waals surface area (Å²) in [5.41, 5.74) is 3.43. The maximum absolute atomic E-state index is 3.49. The number of nitrogens with zero attached hydrogens (tertiary/aromatic N) is 2. The van der Waals surface area contributed by atoms with Crippen molar-refractivity contribution in [3.63, 3.8) is 0 Å². The van der Waals surface area contributed by atoms with E-state index in [0.717, 1.165) is 19.0 Å². The van der Waals surface area contributed by atoms with Crippen LogP contribution in [0.1, 0.15) is 52.5 Å². The number of hydrogen-bond acceptors (Lipinski definition) is 3. The molecule has 2 heterocycles. The zero-order chi connectivity index (χ0) is 18.8. The molecule has 0 aromatic heterocycles. The second-order valence-electron chi connectivity index (χ2n) is 9.81. The summed E-state index contributed by atoms with van der Waals surface area (Å²) < 4.78 is 0. The number of piperidine rings is 1. The summed E-state index contributed by atoms with van der Waals surface area (Å²) in [5, 5.41) is 3.49. The van der Waals surface area contributed by atoms with Gasteiger partial charge in [-0.15, -0.1) is 0 Å². The Morgan fingerprint density at radius 2 is 1.50 bits per heavy atom. The summed E-state index contributed by atoms with van der Waals surface area (Å²) in [7, 11) is 0. The van der Waals surface area contributed by atoms with E-state index in [2.05, 4.69) is 74.0 Å². The summed E-state index contributed by atoms with van der Waals surface area (Å²) >= 11 is 0. The molecule has 0 radical (unpaired) electrons. The number of piperazine rings is 1. The van der Waals surface area contributed by atoms with Gasteiger partial charge in [0, 0.05) is 50.5 Å². The quantitative estimate of drug-likeness (QED) is 0.847.